The number of benzene rings is 2. The molecule has 0 amide bonds. The van der Waals surface area contributed by atoms with Gasteiger partial charge in [0.1, 0.15) is 31.9 Å². The third kappa shape index (κ3) is 3.10. The van der Waals surface area contributed by atoms with Gasteiger partial charge in [-0.05, 0) is 75.9 Å². The molecular formula is C15H12Br4O4. The van der Waals surface area contributed by atoms with Crippen LogP contribution in [-0.4, -0.2) is 20.4 Å². The van der Waals surface area contributed by atoms with Gasteiger partial charge >= 0.3 is 0 Å². The average molecular weight is 576 g/mol. The van der Waals surface area contributed by atoms with E-state index >= 15 is 0 Å². The molecule has 2 rings (SSSR count). The standard InChI is InChI=1S/C15H12Br4O4/c1-15(2,5-3-7(16)13(22)9(18)11(5)20)6-4-8(17)14(23)10(19)12(6)21/h3-4,20-23H,1-2H3. The highest BCUT2D eigenvalue weighted by Crippen LogP contribution is 2.51. The molecule has 0 atom stereocenters. The molecule has 0 heterocycles. The van der Waals surface area contributed by atoms with E-state index in [-0.39, 0.29) is 31.9 Å². The molecule has 0 bridgehead atoms. The lowest BCUT2D eigenvalue weighted by Crippen LogP contribution is -2.20. The molecule has 4 N–H and O–H groups in total. The second-order valence-electron chi connectivity index (χ2n) is 5.46. The van der Waals surface area contributed by atoms with E-state index < -0.39 is 5.41 Å². The summed E-state index contributed by atoms with van der Waals surface area (Å²) in [7, 11) is 0. The summed E-state index contributed by atoms with van der Waals surface area (Å²) < 4.78 is 1.13. The van der Waals surface area contributed by atoms with Crippen molar-refractivity contribution in [1.29, 1.82) is 0 Å². The SMILES string of the molecule is CC(C)(c1cc(Br)c(O)c(Br)c1O)c1cc(Br)c(O)c(Br)c1O. The fourth-order valence-corrected chi connectivity index (χ4v) is 4.54. The molecule has 8 heteroatoms. The maximum Gasteiger partial charge on any atom is 0.147 e. The first-order valence-electron chi connectivity index (χ1n) is 6.31. The maximum atomic E-state index is 10.4. The first-order valence-corrected chi connectivity index (χ1v) is 9.48. The van der Waals surface area contributed by atoms with E-state index in [0.29, 0.717) is 20.1 Å². The second kappa shape index (κ2) is 6.46. The molecule has 0 unspecified atom stereocenters. The van der Waals surface area contributed by atoms with Crippen molar-refractivity contribution in [2.24, 2.45) is 0 Å². The van der Waals surface area contributed by atoms with Crippen LogP contribution in [0.1, 0.15) is 25.0 Å². The van der Waals surface area contributed by atoms with E-state index in [2.05, 4.69) is 63.7 Å². The van der Waals surface area contributed by atoms with Gasteiger partial charge in [0.2, 0.25) is 0 Å². The molecule has 0 radical (unpaired) electrons. The molecule has 4 nitrogen and oxygen atoms in total. The smallest absolute Gasteiger partial charge is 0.147 e. The summed E-state index contributed by atoms with van der Waals surface area (Å²) in [4.78, 5) is 0. The van der Waals surface area contributed by atoms with Crippen LogP contribution < -0.4 is 0 Å². The van der Waals surface area contributed by atoms with Crippen LogP contribution >= 0.6 is 63.7 Å². The van der Waals surface area contributed by atoms with E-state index in [1.807, 2.05) is 13.8 Å². The van der Waals surface area contributed by atoms with E-state index in [4.69, 9.17) is 0 Å². The summed E-state index contributed by atoms with van der Waals surface area (Å²) >= 11 is 12.8. The predicted octanol–water partition coefficient (Wildman–Crippen LogP) is 5.88. The molecule has 23 heavy (non-hydrogen) atoms. The Morgan fingerprint density at radius 1 is 0.652 bits per heavy atom. The Hall–Kier alpha value is -0.440. The fourth-order valence-electron chi connectivity index (χ4n) is 2.30. The predicted molar refractivity (Wildman–Crippen MR) is 102 cm³/mol. The molecule has 0 saturated carbocycles. The van der Waals surface area contributed by atoms with E-state index in [9.17, 15) is 20.4 Å². The molecule has 0 aromatic heterocycles. The van der Waals surface area contributed by atoms with Crippen molar-refractivity contribution >= 4 is 63.7 Å². The largest absolute Gasteiger partial charge is 0.506 e. The zero-order chi connectivity index (χ0) is 17.7. The number of phenolic OH excluding ortho intramolecular Hbond substituents is 4. The lowest BCUT2D eigenvalue weighted by Gasteiger charge is -2.29. The van der Waals surface area contributed by atoms with E-state index in [1.165, 1.54) is 0 Å². The molecule has 0 spiro atoms. The van der Waals surface area contributed by atoms with Gasteiger partial charge in [-0.2, -0.15) is 0 Å². The summed E-state index contributed by atoms with van der Waals surface area (Å²) in [5.41, 5.74) is 0.133. The Morgan fingerprint density at radius 2 is 0.957 bits per heavy atom. The van der Waals surface area contributed by atoms with Crippen LogP contribution in [0.2, 0.25) is 0 Å². The molecule has 2 aromatic rings. The summed E-state index contributed by atoms with van der Waals surface area (Å²) in [6.07, 6.45) is 0. The fraction of sp³-hybridized carbons (Fsp3) is 0.200. The Morgan fingerprint density at radius 3 is 1.26 bits per heavy atom. The van der Waals surface area contributed by atoms with Crippen LogP contribution in [0.5, 0.6) is 23.0 Å². The minimum atomic E-state index is -0.828. The maximum absolute atomic E-state index is 10.4. The third-order valence-corrected chi connectivity index (χ3v) is 6.39. The Bertz CT molecular complexity index is 738. The third-order valence-electron chi connectivity index (χ3n) is 3.68. The van der Waals surface area contributed by atoms with Gasteiger partial charge in [0, 0.05) is 16.5 Å². The van der Waals surface area contributed by atoms with E-state index in [1.54, 1.807) is 12.1 Å². The van der Waals surface area contributed by atoms with Crippen LogP contribution in [-0.2, 0) is 5.41 Å². The highest BCUT2D eigenvalue weighted by molar-refractivity contribution is 9.11. The quantitative estimate of drug-likeness (QED) is 0.360. The van der Waals surface area contributed by atoms with Gasteiger partial charge in [-0.1, -0.05) is 13.8 Å². The number of hydrogen-bond acceptors (Lipinski definition) is 4. The number of aromatic hydroxyl groups is 4. The molecule has 0 aliphatic carbocycles. The lowest BCUT2D eigenvalue weighted by molar-refractivity contribution is 0.415. The van der Waals surface area contributed by atoms with Crippen molar-refractivity contribution in [2.45, 2.75) is 19.3 Å². The monoisotopic (exact) mass is 572 g/mol. The van der Waals surface area contributed by atoms with Gasteiger partial charge in [-0.25, -0.2) is 0 Å². The summed E-state index contributed by atoms with van der Waals surface area (Å²) in [5, 5.41) is 40.6. The average Bonchev–Trinajstić information content (AvgIpc) is 2.49. The molecule has 0 saturated heterocycles. The van der Waals surface area contributed by atoms with Crippen molar-refractivity contribution in [3.8, 4) is 23.0 Å². The summed E-state index contributed by atoms with van der Waals surface area (Å²) in [6.45, 7) is 3.62. The van der Waals surface area contributed by atoms with Gasteiger partial charge < -0.3 is 20.4 Å². The Labute approximate surface area is 166 Å². The number of hydrogen-bond donors (Lipinski definition) is 4. The topological polar surface area (TPSA) is 80.9 Å². The van der Waals surface area contributed by atoms with Crippen molar-refractivity contribution < 1.29 is 20.4 Å². The first kappa shape index (κ1) is 18.9. The zero-order valence-electron chi connectivity index (χ0n) is 12.0. The molecule has 0 aliphatic heterocycles. The van der Waals surface area contributed by atoms with Crippen molar-refractivity contribution in [3.05, 3.63) is 41.2 Å². The number of phenols is 4. The van der Waals surface area contributed by atoms with Gasteiger partial charge in [-0.15, -0.1) is 0 Å². The molecule has 0 aliphatic rings. The van der Waals surface area contributed by atoms with Gasteiger partial charge in [0.05, 0.1) is 8.95 Å². The minimum Gasteiger partial charge on any atom is -0.506 e. The highest BCUT2D eigenvalue weighted by Gasteiger charge is 2.33. The molecule has 2 aromatic carbocycles. The van der Waals surface area contributed by atoms with Crippen molar-refractivity contribution in [2.75, 3.05) is 0 Å². The van der Waals surface area contributed by atoms with Crippen molar-refractivity contribution in [3.63, 3.8) is 0 Å². The van der Waals surface area contributed by atoms with Gasteiger partial charge in [-0.3, -0.25) is 0 Å². The minimum absolute atomic E-state index is 0.112. The van der Waals surface area contributed by atoms with Crippen LogP contribution in [0.15, 0.2) is 30.0 Å². The van der Waals surface area contributed by atoms with Crippen molar-refractivity contribution in [1.82, 2.24) is 0 Å². The lowest BCUT2D eigenvalue weighted by atomic mass is 9.77. The Balaban J connectivity index is 2.79. The summed E-state index contributed by atoms with van der Waals surface area (Å²) in [6, 6.07) is 3.17. The molecular weight excluding hydrogens is 564 g/mol. The number of halogens is 4. The van der Waals surface area contributed by atoms with Crippen LogP contribution in [0.25, 0.3) is 0 Å². The normalized spacial score (nSPS) is 11.7. The van der Waals surface area contributed by atoms with Crippen LogP contribution in [0.4, 0.5) is 0 Å². The first-order chi connectivity index (χ1) is 10.5. The highest BCUT2D eigenvalue weighted by atomic mass is 79.9. The van der Waals surface area contributed by atoms with Crippen LogP contribution in [0, 0.1) is 0 Å². The zero-order valence-corrected chi connectivity index (χ0v) is 18.3. The van der Waals surface area contributed by atoms with E-state index in [0.717, 1.165) is 0 Å². The second-order valence-corrected chi connectivity index (χ2v) is 8.75. The summed E-state index contributed by atoms with van der Waals surface area (Å²) in [5.74, 6) is -0.482. The molecule has 0 fully saturated rings. The van der Waals surface area contributed by atoms with Gasteiger partial charge in [0.15, 0.2) is 0 Å². The molecule has 124 valence electrons. The Kier molecular flexibility index (Phi) is 5.31. The van der Waals surface area contributed by atoms with Gasteiger partial charge in [0.25, 0.3) is 0 Å². The van der Waals surface area contributed by atoms with Crippen LogP contribution in [0.3, 0.4) is 0 Å². The number of rotatable bonds is 2.